The molecule has 2 N–H and O–H groups in total. The summed E-state index contributed by atoms with van der Waals surface area (Å²) in [6.07, 6.45) is 2.75. The average molecular weight is 273 g/mol. The van der Waals surface area contributed by atoms with E-state index >= 15 is 0 Å². The number of ether oxygens (including phenoxy) is 2. The number of nitrogens with zero attached hydrogens (tertiary/aromatic N) is 1. The first kappa shape index (κ1) is 13.0. The highest BCUT2D eigenvalue weighted by Crippen LogP contribution is 2.35. The van der Waals surface area contributed by atoms with Gasteiger partial charge in [-0.05, 0) is 18.2 Å². The Labute approximate surface area is 118 Å². The standard InChI is InChI=1S/C15H19N3O2/c1-10(2)16-6-5-15-17-8-12(18-15)11-3-4-13-14(7-11)20-9-19-13/h3-4,7-8,10,16H,5-6,9H2,1-2H3,(H,17,18). The number of rotatable bonds is 5. The Morgan fingerprint density at radius 3 is 3.00 bits per heavy atom. The van der Waals surface area contributed by atoms with Gasteiger partial charge in [0.25, 0.3) is 0 Å². The van der Waals surface area contributed by atoms with Crippen molar-refractivity contribution in [3.8, 4) is 22.8 Å². The Kier molecular flexibility index (Phi) is 3.60. The highest BCUT2D eigenvalue weighted by Gasteiger charge is 2.14. The maximum atomic E-state index is 5.39. The van der Waals surface area contributed by atoms with E-state index in [0.717, 1.165) is 41.5 Å². The normalized spacial score (nSPS) is 13.2. The molecule has 1 aromatic carbocycles. The van der Waals surface area contributed by atoms with E-state index in [0.29, 0.717) is 12.8 Å². The molecule has 2 heterocycles. The van der Waals surface area contributed by atoms with E-state index in [9.17, 15) is 0 Å². The van der Waals surface area contributed by atoms with Crippen molar-refractivity contribution in [3.05, 3.63) is 30.2 Å². The molecule has 0 spiro atoms. The van der Waals surface area contributed by atoms with Gasteiger partial charge in [0, 0.05) is 24.6 Å². The minimum absolute atomic E-state index is 0.299. The summed E-state index contributed by atoms with van der Waals surface area (Å²) in [5, 5.41) is 3.38. The molecule has 106 valence electrons. The van der Waals surface area contributed by atoms with E-state index < -0.39 is 0 Å². The van der Waals surface area contributed by atoms with E-state index in [2.05, 4.69) is 29.1 Å². The maximum Gasteiger partial charge on any atom is 0.231 e. The molecule has 0 saturated heterocycles. The molecular formula is C15H19N3O2. The fraction of sp³-hybridized carbons (Fsp3) is 0.400. The first-order valence-corrected chi connectivity index (χ1v) is 6.89. The van der Waals surface area contributed by atoms with Crippen molar-refractivity contribution in [2.75, 3.05) is 13.3 Å². The zero-order valence-corrected chi connectivity index (χ0v) is 11.8. The predicted molar refractivity (Wildman–Crippen MR) is 77.0 cm³/mol. The topological polar surface area (TPSA) is 59.2 Å². The molecule has 0 atom stereocenters. The van der Waals surface area contributed by atoms with Crippen LogP contribution in [0.5, 0.6) is 11.5 Å². The molecule has 0 saturated carbocycles. The van der Waals surface area contributed by atoms with Crippen LogP contribution >= 0.6 is 0 Å². The fourth-order valence-electron chi connectivity index (χ4n) is 2.18. The summed E-state index contributed by atoms with van der Waals surface area (Å²) in [4.78, 5) is 7.76. The molecule has 2 aromatic rings. The van der Waals surface area contributed by atoms with E-state index in [1.807, 2.05) is 24.4 Å². The molecule has 0 radical (unpaired) electrons. The Balaban J connectivity index is 1.70. The highest BCUT2D eigenvalue weighted by atomic mass is 16.7. The Morgan fingerprint density at radius 1 is 1.30 bits per heavy atom. The van der Waals surface area contributed by atoms with Crippen molar-refractivity contribution < 1.29 is 9.47 Å². The van der Waals surface area contributed by atoms with Crippen LogP contribution in [0.4, 0.5) is 0 Å². The zero-order valence-electron chi connectivity index (χ0n) is 11.8. The van der Waals surface area contributed by atoms with Gasteiger partial charge in [0.1, 0.15) is 5.82 Å². The summed E-state index contributed by atoms with van der Waals surface area (Å²) in [5.74, 6) is 2.58. The summed E-state index contributed by atoms with van der Waals surface area (Å²) in [6.45, 7) is 5.50. The lowest BCUT2D eigenvalue weighted by Gasteiger charge is -2.05. The molecular weight excluding hydrogens is 254 g/mol. The van der Waals surface area contributed by atoms with Crippen molar-refractivity contribution in [3.63, 3.8) is 0 Å². The number of hydrogen-bond donors (Lipinski definition) is 2. The van der Waals surface area contributed by atoms with Gasteiger partial charge in [-0.25, -0.2) is 4.98 Å². The first-order chi connectivity index (χ1) is 9.72. The third kappa shape index (κ3) is 2.77. The highest BCUT2D eigenvalue weighted by molar-refractivity contribution is 5.64. The van der Waals surface area contributed by atoms with Gasteiger partial charge >= 0.3 is 0 Å². The van der Waals surface area contributed by atoms with Crippen LogP contribution in [-0.2, 0) is 6.42 Å². The zero-order chi connectivity index (χ0) is 13.9. The molecule has 1 aliphatic rings. The van der Waals surface area contributed by atoms with Gasteiger partial charge in [-0.1, -0.05) is 13.8 Å². The van der Waals surface area contributed by atoms with Crippen LogP contribution in [0.2, 0.25) is 0 Å². The third-order valence-corrected chi connectivity index (χ3v) is 3.23. The molecule has 20 heavy (non-hydrogen) atoms. The van der Waals surface area contributed by atoms with Crippen molar-refractivity contribution in [2.24, 2.45) is 0 Å². The fourth-order valence-corrected chi connectivity index (χ4v) is 2.18. The minimum Gasteiger partial charge on any atom is -0.454 e. The van der Waals surface area contributed by atoms with Gasteiger partial charge in [0.05, 0.1) is 11.9 Å². The van der Waals surface area contributed by atoms with Gasteiger partial charge in [0.15, 0.2) is 11.5 Å². The lowest BCUT2D eigenvalue weighted by molar-refractivity contribution is 0.174. The monoisotopic (exact) mass is 273 g/mol. The van der Waals surface area contributed by atoms with Gasteiger partial charge in [-0.15, -0.1) is 0 Å². The number of aromatic nitrogens is 2. The smallest absolute Gasteiger partial charge is 0.231 e. The van der Waals surface area contributed by atoms with E-state index in [1.165, 1.54) is 0 Å². The average Bonchev–Trinajstić information content (AvgIpc) is 3.05. The molecule has 0 bridgehead atoms. The molecule has 0 amide bonds. The second-order valence-electron chi connectivity index (χ2n) is 5.17. The molecule has 1 aliphatic heterocycles. The van der Waals surface area contributed by atoms with Crippen LogP contribution in [0.3, 0.4) is 0 Å². The lowest BCUT2D eigenvalue weighted by Crippen LogP contribution is -2.25. The molecule has 5 nitrogen and oxygen atoms in total. The van der Waals surface area contributed by atoms with Crippen molar-refractivity contribution >= 4 is 0 Å². The van der Waals surface area contributed by atoms with E-state index in [1.54, 1.807) is 0 Å². The lowest BCUT2D eigenvalue weighted by atomic mass is 10.1. The van der Waals surface area contributed by atoms with Crippen molar-refractivity contribution in [2.45, 2.75) is 26.3 Å². The predicted octanol–water partition coefficient (Wildman–Crippen LogP) is 2.35. The largest absolute Gasteiger partial charge is 0.454 e. The molecule has 3 rings (SSSR count). The Bertz CT molecular complexity index is 593. The number of nitrogens with one attached hydrogen (secondary N) is 2. The Morgan fingerprint density at radius 2 is 2.15 bits per heavy atom. The van der Waals surface area contributed by atoms with Gasteiger partial charge in [-0.3, -0.25) is 0 Å². The maximum absolute atomic E-state index is 5.39. The summed E-state index contributed by atoms with van der Waals surface area (Å²) in [5.41, 5.74) is 2.06. The number of fused-ring (bicyclic) bond motifs is 1. The minimum atomic E-state index is 0.299. The summed E-state index contributed by atoms with van der Waals surface area (Å²) < 4.78 is 10.7. The second kappa shape index (κ2) is 5.54. The number of hydrogen-bond acceptors (Lipinski definition) is 4. The van der Waals surface area contributed by atoms with Gasteiger partial charge in [0.2, 0.25) is 6.79 Å². The first-order valence-electron chi connectivity index (χ1n) is 6.89. The molecule has 0 unspecified atom stereocenters. The number of aromatic amines is 1. The van der Waals surface area contributed by atoms with Crippen LogP contribution in [0.25, 0.3) is 11.3 Å². The van der Waals surface area contributed by atoms with Gasteiger partial charge in [-0.2, -0.15) is 0 Å². The van der Waals surface area contributed by atoms with E-state index in [-0.39, 0.29) is 0 Å². The summed E-state index contributed by atoms with van der Waals surface area (Å²) >= 11 is 0. The van der Waals surface area contributed by atoms with Crippen molar-refractivity contribution in [1.82, 2.24) is 15.3 Å². The number of imidazole rings is 1. The summed E-state index contributed by atoms with van der Waals surface area (Å²) in [7, 11) is 0. The van der Waals surface area contributed by atoms with Gasteiger partial charge < -0.3 is 19.8 Å². The SMILES string of the molecule is CC(C)NCCc1ncc(-c2ccc3c(c2)OCO3)[nH]1. The van der Waals surface area contributed by atoms with Crippen LogP contribution in [0.1, 0.15) is 19.7 Å². The number of benzene rings is 1. The molecule has 0 fully saturated rings. The van der Waals surface area contributed by atoms with Crippen molar-refractivity contribution in [1.29, 1.82) is 0 Å². The Hall–Kier alpha value is -2.01. The van der Waals surface area contributed by atoms with Crippen LogP contribution in [0.15, 0.2) is 24.4 Å². The second-order valence-corrected chi connectivity index (χ2v) is 5.17. The molecule has 1 aromatic heterocycles. The van der Waals surface area contributed by atoms with Crippen LogP contribution in [-0.4, -0.2) is 29.3 Å². The van der Waals surface area contributed by atoms with Crippen LogP contribution < -0.4 is 14.8 Å². The molecule has 5 heteroatoms. The number of H-pyrrole nitrogens is 1. The quantitative estimate of drug-likeness (QED) is 0.878. The molecule has 0 aliphatic carbocycles. The van der Waals surface area contributed by atoms with Crippen LogP contribution in [0, 0.1) is 0 Å². The summed E-state index contributed by atoms with van der Waals surface area (Å²) in [6, 6.07) is 6.42. The third-order valence-electron chi connectivity index (χ3n) is 3.23. The van der Waals surface area contributed by atoms with E-state index in [4.69, 9.17) is 9.47 Å².